The fourth-order valence-electron chi connectivity index (χ4n) is 1.52. The molecule has 0 amide bonds. The van der Waals surface area contributed by atoms with E-state index in [1.807, 2.05) is 12.1 Å². The molecule has 3 N–H and O–H groups in total. The number of aliphatic hydroxyl groups excluding tert-OH is 1. The van der Waals surface area contributed by atoms with Crippen LogP contribution in [-0.4, -0.2) is 23.5 Å². The molecule has 1 aromatic carbocycles. The Labute approximate surface area is 96.3 Å². The Hall–Kier alpha value is -1.19. The number of hydrogen-bond acceptors (Lipinski definition) is 3. The lowest BCUT2D eigenvalue weighted by atomic mass is 9.98. The van der Waals surface area contributed by atoms with Crippen LogP contribution in [0.4, 0.5) is 0 Å². The molecule has 0 heterocycles. The van der Waals surface area contributed by atoms with Crippen molar-refractivity contribution in [2.24, 2.45) is 5.73 Å². The van der Waals surface area contributed by atoms with E-state index in [2.05, 4.69) is 26.0 Å². The number of rotatable bonds is 5. The molecule has 0 unspecified atom stereocenters. The minimum absolute atomic E-state index is 0.312. The summed E-state index contributed by atoms with van der Waals surface area (Å²) in [4.78, 5) is 11.1. The Morgan fingerprint density at radius 1 is 1.31 bits per heavy atom. The van der Waals surface area contributed by atoms with Gasteiger partial charge in [-0.15, -0.1) is 0 Å². The van der Waals surface area contributed by atoms with Crippen molar-refractivity contribution in [3.8, 4) is 0 Å². The summed E-state index contributed by atoms with van der Waals surface area (Å²) in [5.74, 6) is 0.190. The van der Waals surface area contributed by atoms with E-state index in [1.54, 1.807) is 0 Å². The van der Waals surface area contributed by atoms with Crippen molar-refractivity contribution in [1.29, 1.82) is 0 Å². The number of nitrogens with two attached hydrogens (primary N) is 1. The standard InChI is InChI=1S/C13H19NO2/c1-9(2)11-5-3-10(4-6-11)7-12(14)13(16)8-15/h3-6,9,12,15H,7-8,14H2,1-2H3/t12-/m1/s1. The van der Waals surface area contributed by atoms with Gasteiger partial charge in [-0.25, -0.2) is 0 Å². The molecule has 0 saturated carbocycles. The van der Waals surface area contributed by atoms with E-state index >= 15 is 0 Å². The van der Waals surface area contributed by atoms with Crippen molar-refractivity contribution in [3.63, 3.8) is 0 Å². The van der Waals surface area contributed by atoms with E-state index < -0.39 is 12.6 Å². The topological polar surface area (TPSA) is 63.3 Å². The second-order valence-electron chi connectivity index (χ2n) is 4.33. The molecule has 1 atom stereocenters. The van der Waals surface area contributed by atoms with Gasteiger partial charge in [-0.2, -0.15) is 0 Å². The van der Waals surface area contributed by atoms with Gasteiger partial charge in [0.2, 0.25) is 0 Å². The summed E-state index contributed by atoms with van der Waals surface area (Å²) in [6.45, 7) is 3.79. The van der Waals surface area contributed by atoms with Gasteiger partial charge in [-0.05, 0) is 23.5 Å². The van der Waals surface area contributed by atoms with E-state index in [9.17, 15) is 4.79 Å². The quantitative estimate of drug-likeness (QED) is 0.786. The third-order valence-corrected chi connectivity index (χ3v) is 2.67. The summed E-state index contributed by atoms with van der Waals surface area (Å²) < 4.78 is 0. The van der Waals surface area contributed by atoms with Crippen LogP contribution in [0, 0.1) is 0 Å². The van der Waals surface area contributed by atoms with Gasteiger partial charge < -0.3 is 10.8 Å². The second kappa shape index (κ2) is 5.77. The number of aliphatic hydroxyl groups is 1. The van der Waals surface area contributed by atoms with Crippen LogP contribution in [0.1, 0.15) is 30.9 Å². The fourth-order valence-corrected chi connectivity index (χ4v) is 1.52. The Kier molecular flexibility index (Phi) is 4.65. The first-order valence-electron chi connectivity index (χ1n) is 5.52. The zero-order chi connectivity index (χ0) is 12.1. The van der Waals surface area contributed by atoms with Gasteiger partial charge in [0.15, 0.2) is 5.78 Å². The number of benzene rings is 1. The summed E-state index contributed by atoms with van der Waals surface area (Å²) in [7, 11) is 0. The number of hydrogen-bond donors (Lipinski definition) is 2. The first kappa shape index (κ1) is 12.9. The van der Waals surface area contributed by atoms with Crippen LogP contribution < -0.4 is 5.73 Å². The summed E-state index contributed by atoms with van der Waals surface area (Å²) >= 11 is 0. The van der Waals surface area contributed by atoms with Gasteiger partial charge in [0, 0.05) is 0 Å². The lowest BCUT2D eigenvalue weighted by Gasteiger charge is -2.10. The summed E-state index contributed by atoms with van der Waals surface area (Å²) in [5.41, 5.74) is 7.94. The average molecular weight is 221 g/mol. The summed E-state index contributed by atoms with van der Waals surface area (Å²) in [6, 6.07) is 7.47. The minimum atomic E-state index is -0.602. The Morgan fingerprint density at radius 3 is 2.31 bits per heavy atom. The van der Waals surface area contributed by atoms with Crippen molar-refractivity contribution < 1.29 is 9.90 Å². The predicted octanol–water partition coefficient (Wildman–Crippen LogP) is 1.24. The highest BCUT2D eigenvalue weighted by Gasteiger charge is 2.12. The minimum Gasteiger partial charge on any atom is -0.389 e. The first-order chi connectivity index (χ1) is 7.54. The average Bonchev–Trinajstić information content (AvgIpc) is 2.28. The van der Waals surface area contributed by atoms with E-state index in [0.29, 0.717) is 12.3 Å². The van der Waals surface area contributed by atoms with Crippen LogP contribution >= 0.6 is 0 Å². The van der Waals surface area contributed by atoms with Crippen LogP contribution in [-0.2, 0) is 11.2 Å². The summed E-state index contributed by atoms with van der Waals surface area (Å²) in [6.07, 6.45) is 0.484. The van der Waals surface area contributed by atoms with Crippen LogP contribution in [0.25, 0.3) is 0 Å². The molecule has 0 aromatic heterocycles. The molecule has 3 nitrogen and oxygen atoms in total. The Balaban J connectivity index is 2.65. The van der Waals surface area contributed by atoms with Crippen LogP contribution in [0.2, 0.25) is 0 Å². The summed E-state index contributed by atoms with van der Waals surface area (Å²) in [5, 5.41) is 8.67. The molecular formula is C13H19NO2. The second-order valence-corrected chi connectivity index (χ2v) is 4.33. The van der Waals surface area contributed by atoms with Gasteiger partial charge in [-0.1, -0.05) is 38.1 Å². The molecule has 1 rings (SSSR count). The molecule has 0 aliphatic rings. The zero-order valence-corrected chi connectivity index (χ0v) is 9.81. The highest BCUT2D eigenvalue weighted by atomic mass is 16.3. The van der Waals surface area contributed by atoms with Crippen molar-refractivity contribution >= 4 is 5.78 Å². The van der Waals surface area contributed by atoms with Crippen LogP contribution in [0.3, 0.4) is 0 Å². The Bertz CT molecular complexity index is 343. The molecule has 88 valence electrons. The molecule has 0 bridgehead atoms. The lowest BCUT2D eigenvalue weighted by Crippen LogP contribution is -2.34. The maximum absolute atomic E-state index is 11.1. The van der Waals surface area contributed by atoms with Gasteiger partial charge in [0.05, 0.1) is 6.04 Å². The molecule has 0 aliphatic carbocycles. The molecule has 0 aliphatic heterocycles. The molecule has 0 spiro atoms. The monoisotopic (exact) mass is 221 g/mol. The normalized spacial score (nSPS) is 12.8. The van der Waals surface area contributed by atoms with Crippen LogP contribution in [0.5, 0.6) is 0 Å². The smallest absolute Gasteiger partial charge is 0.175 e. The van der Waals surface area contributed by atoms with Crippen molar-refractivity contribution in [1.82, 2.24) is 0 Å². The van der Waals surface area contributed by atoms with E-state index in [0.717, 1.165) is 5.56 Å². The van der Waals surface area contributed by atoms with E-state index in [-0.39, 0.29) is 5.78 Å². The van der Waals surface area contributed by atoms with Crippen molar-refractivity contribution in [2.45, 2.75) is 32.2 Å². The van der Waals surface area contributed by atoms with Gasteiger partial charge in [0.1, 0.15) is 6.61 Å². The SMILES string of the molecule is CC(C)c1ccc(C[C@@H](N)C(=O)CO)cc1. The molecule has 1 aromatic rings. The molecule has 0 radical (unpaired) electrons. The van der Waals surface area contributed by atoms with Crippen molar-refractivity contribution in [2.75, 3.05) is 6.61 Å². The zero-order valence-electron chi connectivity index (χ0n) is 9.81. The molecule has 0 fully saturated rings. The van der Waals surface area contributed by atoms with Gasteiger partial charge in [0.25, 0.3) is 0 Å². The maximum atomic E-state index is 11.1. The van der Waals surface area contributed by atoms with E-state index in [4.69, 9.17) is 10.8 Å². The third-order valence-electron chi connectivity index (χ3n) is 2.67. The fraction of sp³-hybridized carbons (Fsp3) is 0.462. The first-order valence-corrected chi connectivity index (χ1v) is 5.52. The third kappa shape index (κ3) is 3.43. The predicted molar refractivity (Wildman–Crippen MR) is 64.3 cm³/mol. The highest BCUT2D eigenvalue weighted by Crippen LogP contribution is 2.15. The molecular weight excluding hydrogens is 202 g/mol. The van der Waals surface area contributed by atoms with Gasteiger partial charge in [-0.3, -0.25) is 4.79 Å². The number of ketones is 1. The van der Waals surface area contributed by atoms with Crippen molar-refractivity contribution in [3.05, 3.63) is 35.4 Å². The highest BCUT2D eigenvalue weighted by molar-refractivity contribution is 5.84. The molecule has 16 heavy (non-hydrogen) atoms. The number of carbonyl (C=O) groups is 1. The largest absolute Gasteiger partial charge is 0.389 e. The number of Topliss-reactive ketones (excluding diaryl/α,β-unsaturated/α-hetero) is 1. The van der Waals surface area contributed by atoms with E-state index in [1.165, 1.54) is 5.56 Å². The number of carbonyl (C=O) groups excluding carboxylic acids is 1. The molecule has 0 saturated heterocycles. The molecule has 3 heteroatoms. The maximum Gasteiger partial charge on any atom is 0.175 e. The van der Waals surface area contributed by atoms with Gasteiger partial charge >= 0.3 is 0 Å². The Morgan fingerprint density at radius 2 is 1.88 bits per heavy atom. The van der Waals surface area contributed by atoms with Crippen LogP contribution in [0.15, 0.2) is 24.3 Å². The lowest BCUT2D eigenvalue weighted by molar-refractivity contribution is -0.122.